The molecule has 0 aliphatic heterocycles. The van der Waals surface area contributed by atoms with Crippen molar-refractivity contribution in [2.75, 3.05) is 18.6 Å². The van der Waals surface area contributed by atoms with Crippen LogP contribution in [0, 0.1) is 0 Å². The molecule has 0 fully saturated rings. The molecule has 0 aliphatic carbocycles. The Morgan fingerprint density at radius 2 is 2.10 bits per heavy atom. The summed E-state index contributed by atoms with van der Waals surface area (Å²) < 4.78 is 27.1. The van der Waals surface area contributed by atoms with Crippen LogP contribution in [0.1, 0.15) is 25.8 Å². The van der Waals surface area contributed by atoms with Crippen molar-refractivity contribution in [3.8, 4) is 0 Å². The van der Waals surface area contributed by atoms with Gasteiger partial charge in [-0.15, -0.1) is 0 Å². The van der Waals surface area contributed by atoms with Gasteiger partial charge >= 0.3 is 0 Å². The van der Waals surface area contributed by atoms with E-state index in [4.69, 9.17) is 0 Å². The first-order valence-corrected chi connectivity index (χ1v) is 9.58. The Morgan fingerprint density at radius 1 is 1.35 bits per heavy atom. The molecule has 0 aromatic carbocycles. The van der Waals surface area contributed by atoms with Crippen LogP contribution in [-0.2, 0) is 16.6 Å². The number of sulfonamides is 1. The van der Waals surface area contributed by atoms with Gasteiger partial charge in [-0.1, -0.05) is 19.9 Å². The van der Waals surface area contributed by atoms with Gasteiger partial charge in [-0.2, -0.15) is 11.8 Å². The second kappa shape index (κ2) is 8.61. The highest BCUT2D eigenvalue weighted by atomic mass is 32.2. The molecular weight excluding hydrogens is 294 g/mol. The van der Waals surface area contributed by atoms with Gasteiger partial charge in [-0.3, -0.25) is 0 Å². The average molecular weight is 317 g/mol. The predicted octanol–water partition coefficient (Wildman–Crippen LogP) is 1.61. The standard InChI is InChI=1S/C13H23N3O2S2/c1-4-12(10-19-3)16-20(17,18)13-7-6-11(9-15-13)8-14-5-2/h6-7,9,12,14,16H,4-5,8,10H2,1-3H3. The van der Waals surface area contributed by atoms with E-state index in [9.17, 15) is 8.42 Å². The molecule has 114 valence electrons. The van der Waals surface area contributed by atoms with Crippen LogP contribution in [0.4, 0.5) is 0 Å². The predicted molar refractivity (Wildman–Crippen MR) is 84.4 cm³/mol. The van der Waals surface area contributed by atoms with Gasteiger partial charge in [-0.25, -0.2) is 18.1 Å². The minimum Gasteiger partial charge on any atom is -0.313 e. The molecule has 0 bridgehead atoms. The van der Waals surface area contributed by atoms with Crippen molar-refractivity contribution in [2.24, 2.45) is 0 Å². The summed E-state index contributed by atoms with van der Waals surface area (Å²) in [5.74, 6) is 0.758. The lowest BCUT2D eigenvalue weighted by molar-refractivity contribution is 0.554. The molecule has 2 N–H and O–H groups in total. The van der Waals surface area contributed by atoms with E-state index in [-0.39, 0.29) is 11.1 Å². The topological polar surface area (TPSA) is 71.1 Å². The number of pyridine rings is 1. The Kier molecular flexibility index (Phi) is 7.50. The molecule has 1 aromatic rings. The molecule has 0 amide bonds. The monoisotopic (exact) mass is 317 g/mol. The Bertz CT molecular complexity index is 489. The summed E-state index contributed by atoms with van der Waals surface area (Å²) in [6.07, 6.45) is 4.33. The Hall–Kier alpha value is -0.630. The summed E-state index contributed by atoms with van der Waals surface area (Å²) >= 11 is 1.63. The number of hydrogen-bond acceptors (Lipinski definition) is 5. The van der Waals surface area contributed by atoms with Crippen molar-refractivity contribution in [2.45, 2.75) is 37.9 Å². The molecule has 7 heteroatoms. The maximum atomic E-state index is 12.2. The van der Waals surface area contributed by atoms with E-state index in [0.29, 0.717) is 6.54 Å². The van der Waals surface area contributed by atoms with Crippen LogP contribution in [-0.4, -0.2) is 38.0 Å². The van der Waals surface area contributed by atoms with Crippen molar-refractivity contribution >= 4 is 21.8 Å². The third-order valence-corrected chi connectivity index (χ3v) is 5.01. The number of thioether (sulfide) groups is 1. The molecule has 0 radical (unpaired) electrons. The molecule has 1 unspecified atom stereocenters. The van der Waals surface area contributed by atoms with Gasteiger partial charge in [0, 0.05) is 24.5 Å². The molecule has 0 saturated carbocycles. The molecule has 1 atom stereocenters. The normalized spacial score (nSPS) is 13.3. The molecule has 0 spiro atoms. The molecule has 1 aromatic heterocycles. The quantitative estimate of drug-likeness (QED) is 0.724. The van der Waals surface area contributed by atoms with Crippen LogP contribution in [0.2, 0.25) is 0 Å². The Balaban J connectivity index is 2.76. The zero-order valence-electron chi connectivity index (χ0n) is 12.2. The second-order valence-electron chi connectivity index (χ2n) is 4.47. The third-order valence-electron chi connectivity index (χ3n) is 2.83. The summed E-state index contributed by atoms with van der Waals surface area (Å²) in [5.41, 5.74) is 0.974. The van der Waals surface area contributed by atoms with E-state index in [1.54, 1.807) is 30.1 Å². The third kappa shape index (κ3) is 5.40. The van der Waals surface area contributed by atoms with E-state index < -0.39 is 10.0 Å². The highest BCUT2D eigenvalue weighted by molar-refractivity contribution is 7.98. The highest BCUT2D eigenvalue weighted by Crippen LogP contribution is 2.10. The van der Waals surface area contributed by atoms with Gasteiger partial charge in [0.25, 0.3) is 10.0 Å². The first-order chi connectivity index (χ1) is 9.53. The summed E-state index contributed by atoms with van der Waals surface area (Å²) in [5, 5.41) is 3.25. The maximum absolute atomic E-state index is 12.2. The molecule has 5 nitrogen and oxygen atoms in total. The van der Waals surface area contributed by atoms with Crippen LogP contribution < -0.4 is 10.0 Å². The van der Waals surface area contributed by atoms with Crippen LogP contribution in [0.25, 0.3) is 0 Å². The smallest absolute Gasteiger partial charge is 0.258 e. The minimum atomic E-state index is -3.53. The fourth-order valence-electron chi connectivity index (χ4n) is 1.66. The van der Waals surface area contributed by atoms with E-state index in [1.807, 2.05) is 20.1 Å². The van der Waals surface area contributed by atoms with Gasteiger partial charge < -0.3 is 5.32 Å². The lowest BCUT2D eigenvalue weighted by atomic mass is 10.3. The number of nitrogens with one attached hydrogen (secondary N) is 2. The van der Waals surface area contributed by atoms with Gasteiger partial charge in [-0.05, 0) is 30.9 Å². The van der Waals surface area contributed by atoms with Crippen molar-refractivity contribution < 1.29 is 8.42 Å². The first-order valence-electron chi connectivity index (χ1n) is 6.70. The average Bonchev–Trinajstić information content (AvgIpc) is 2.45. The SMILES string of the molecule is CCNCc1ccc(S(=O)(=O)NC(CC)CSC)nc1. The van der Waals surface area contributed by atoms with Crippen molar-refractivity contribution in [3.05, 3.63) is 23.9 Å². The largest absolute Gasteiger partial charge is 0.313 e. The maximum Gasteiger partial charge on any atom is 0.258 e. The van der Waals surface area contributed by atoms with E-state index in [2.05, 4.69) is 15.0 Å². The van der Waals surface area contributed by atoms with E-state index in [0.717, 1.165) is 24.3 Å². The number of nitrogens with zero attached hydrogens (tertiary/aromatic N) is 1. The summed E-state index contributed by atoms with van der Waals surface area (Å²) in [6, 6.07) is 3.29. The van der Waals surface area contributed by atoms with Crippen LogP contribution in [0.5, 0.6) is 0 Å². The van der Waals surface area contributed by atoms with Crippen molar-refractivity contribution in [1.82, 2.24) is 15.0 Å². The van der Waals surface area contributed by atoms with Crippen LogP contribution in [0.3, 0.4) is 0 Å². The molecular formula is C13H23N3O2S2. The van der Waals surface area contributed by atoms with Crippen molar-refractivity contribution in [3.63, 3.8) is 0 Å². The number of rotatable bonds is 9. The van der Waals surface area contributed by atoms with Gasteiger partial charge in [0.05, 0.1) is 0 Å². The van der Waals surface area contributed by atoms with Gasteiger partial charge in [0.1, 0.15) is 0 Å². The highest BCUT2D eigenvalue weighted by Gasteiger charge is 2.19. The summed E-state index contributed by atoms with van der Waals surface area (Å²) in [4.78, 5) is 4.05. The second-order valence-corrected chi connectivity index (χ2v) is 7.04. The zero-order valence-corrected chi connectivity index (χ0v) is 13.9. The van der Waals surface area contributed by atoms with E-state index >= 15 is 0 Å². The minimum absolute atomic E-state index is 0.0572. The molecule has 1 heterocycles. The van der Waals surface area contributed by atoms with Gasteiger partial charge in [0.2, 0.25) is 0 Å². The molecule has 0 aliphatic rings. The number of hydrogen-bond donors (Lipinski definition) is 2. The number of aromatic nitrogens is 1. The first kappa shape index (κ1) is 17.4. The molecule has 1 rings (SSSR count). The van der Waals surface area contributed by atoms with E-state index in [1.165, 1.54) is 0 Å². The Morgan fingerprint density at radius 3 is 2.60 bits per heavy atom. The molecule has 20 heavy (non-hydrogen) atoms. The summed E-state index contributed by atoms with van der Waals surface area (Å²) in [6.45, 7) is 5.55. The van der Waals surface area contributed by atoms with Crippen LogP contribution in [0.15, 0.2) is 23.4 Å². The molecule has 0 saturated heterocycles. The summed E-state index contributed by atoms with van der Waals surface area (Å²) in [7, 11) is -3.53. The fourth-order valence-corrected chi connectivity index (χ4v) is 3.74. The zero-order chi connectivity index (χ0) is 15.0. The van der Waals surface area contributed by atoms with Crippen molar-refractivity contribution in [1.29, 1.82) is 0 Å². The lowest BCUT2D eigenvalue weighted by Gasteiger charge is -2.15. The Labute approximate surface area is 126 Å². The lowest BCUT2D eigenvalue weighted by Crippen LogP contribution is -2.36. The van der Waals surface area contributed by atoms with Crippen LogP contribution >= 0.6 is 11.8 Å². The van der Waals surface area contributed by atoms with Gasteiger partial charge in [0.15, 0.2) is 5.03 Å². The fraction of sp³-hybridized carbons (Fsp3) is 0.615.